The van der Waals surface area contributed by atoms with Crippen molar-refractivity contribution in [2.24, 2.45) is 0 Å². The smallest absolute Gasteiger partial charge is 0.329 e. The summed E-state index contributed by atoms with van der Waals surface area (Å²) in [4.78, 5) is 13.1. The van der Waals surface area contributed by atoms with Crippen LogP contribution in [0.2, 0.25) is 0 Å². The van der Waals surface area contributed by atoms with Crippen LogP contribution in [0.3, 0.4) is 0 Å². The molecule has 0 amide bonds. The number of hydrogen-bond acceptors (Lipinski definition) is 5. The molecule has 1 aromatic heterocycles. The predicted molar refractivity (Wildman–Crippen MR) is 57.3 cm³/mol. The van der Waals surface area contributed by atoms with E-state index in [9.17, 15) is 9.90 Å². The molecule has 1 saturated heterocycles. The molecule has 0 aliphatic carbocycles. The lowest BCUT2D eigenvalue weighted by Gasteiger charge is -2.30. The minimum atomic E-state index is -0.814. The molecule has 1 aliphatic rings. The lowest BCUT2D eigenvalue weighted by Crippen LogP contribution is -2.48. The van der Waals surface area contributed by atoms with Crippen LogP contribution in [0.1, 0.15) is 24.8 Å². The second-order valence-electron chi connectivity index (χ2n) is 3.94. The molecule has 5 nitrogen and oxygen atoms in total. The molecule has 1 aliphatic heterocycles. The van der Waals surface area contributed by atoms with Crippen molar-refractivity contribution in [1.29, 1.82) is 0 Å². The SMILES string of the molecule is Cc1nnc(N2CCCC2(C)C(=O)O)s1. The highest BCUT2D eigenvalue weighted by atomic mass is 32.1. The van der Waals surface area contributed by atoms with E-state index in [1.165, 1.54) is 11.3 Å². The summed E-state index contributed by atoms with van der Waals surface area (Å²) in [5.41, 5.74) is -0.814. The Morgan fingerprint density at radius 3 is 2.87 bits per heavy atom. The number of carbonyl (C=O) groups is 1. The van der Waals surface area contributed by atoms with Crippen LogP contribution in [-0.4, -0.2) is 33.4 Å². The van der Waals surface area contributed by atoms with Gasteiger partial charge >= 0.3 is 5.97 Å². The number of anilines is 1. The van der Waals surface area contributed by atoms with Crippen molar-refractivity contribution in [3.05, 3.63) is 5.01 Å². The molecule has 0 spiro atoms. The number of aromatic nitrogens is 2. The number of rotatable bonds is 2. The van der Waals surface area contributed by atoms with Crippen molar-refractivity contribution >= 4 is 22.4 Å². The van der Waals surface area contributed by atoms with Gasteiger partial charge in [0.15, 0.2) is 0 Å². The van der Waals surface area contributed by atoms with Crippen molar-refractivity contribution < 1.29 is 9.90 Å². The van der Waals surface area contributed by atoms with Gasteiger partial charge in [0.2, 0.25) is 5.13 Å². The third-order valence-electron chi connectivity index (χ3n) is 2.85. The standard InChI is InChI=1S/C9H13N3O2S/c1-6-10-11-8(15-6)12-5-3-4-9(12,2)7(13)14/h3-5H2,1-2H3,(H,13,14). The van der Waals surface area contributed by atoms with E-state index in [0.29, 0.717) is 6.42 Å². The Bertz CT molecular complexity index is 392. The molecule has 1 unspecified atom stereocenters. The third kappa shape index (κ3) is 1.58. The zero-order valence-electron chi connectivity index (χ0n) is 8.73. The van der Waals surface area contributed by atoms with Gasteiger partial charge in [-0.15, -0.1) is 10.2 Å². The second-order valence-corrected chi connectivity index (χ2v) is 5.10. The molecule has 0 aromatic carbocycles. The molecule has 2 rings (SSSR count). The van der Waals surface area contributed by atoms with Crippen molar-refractivity contribution in [2.45, 2.75) is 32.2 Å². The first kappa shape index (κ1) is 10.4. The monoisotopic (exact) mass is 227 g/mol. The van der Waals surface area contributed by atoms with Crippen LogP contribution in [-0.2, 0) is 4.79 Å². The fourth-order valence-electron chi connectivity index (χ4n) is 1.89. The summed E-state index contributed by atoms with van der Waals surface area (Å²) in [6.45, 7) is 4.37. The number of aliphatic carboxylic acids is 1. The topological polar surface area (TPSA) is 66.3 Å². The lowest BCUT2D eigenvalue weighted by atomic mass is 10.00. The molecule has 2 heterocycles. The largest absolute Gasteiger partial charge is 0.480 e. The average Bonchev–Trinajstić information content (AvgIpc) is 2.72. The fourth-order valence-corrected chi connectivity index (χ4v) is 2.72. The van der Waals surface area contributed by atoms with E-state index in [0.717, 1.165) is 23.1 Å². The molecule has 0 bridgehead atoms. The summed E-state index contributed by atoms with van der Waals surface area (Å²) in [5.74, 6) is -0.784. The van der Waals surface area contributed by atoms with Gasteiger partial charge in [0.25, 0.3) is 0 Å². The molecule has 0 saturated carbocycles. The maximum absolute atomic E-state index is 11.2. The Morgan fingerprint density at radius 2 is 2.33 bits per heavy atom. The summed E-state index contributed by atoms with van der Waals surface area (Å²) in [6, 6.07) is 0. The zero-order chi connectivity index (χ0) is 11.1. The predicted octanol–water partition coefficient (Wildman–Crippen LogP) is 1.29. The van der Waals surface area contributed by atoms with Gasteiger partial charge in [-0.1, -0.05) is 11.3 Å². The van der Waals surface area contributed by atoms with Gasteiger partial charge < -0.3 is 10.0 Å². The van der Waals surface area contributed by atoms with Gasteiger partial charge in [0, 0.05) is 6.54 Å². The Balaban J connectivity index is 2.33. The van der Waals surface area contributed by atoms with Gasteiger partial charge in [0.05, 0.1) is 0 Å². The molecule has 1 N–H and O–H groups in total. The van der Waals surface area contributed by atoms with Gasteiger partial charge in [-0.25, -0.2) is 4.79 Å². The number of aryl methyl sites for hydroxylation is 1. The average molecular weight is 227 g/mol. The number of hydrogen-bond donors (Lipinski definition) is 1. The highest BCUT2D eigenvalue weighted by Crippen LogP contribution is 2.35. The molecule has 6 heteroatoms. The van der Waals surface area contributed by atoms with E-state index >= 15 is 0 Å². The number of carboxylic acid groups (broad SMARTS) is 1. The van der Waals surface area contributed by atoms with E-state index in [1.807, 2.05) is 11.8 Å². The zero-order valence-corrected chi connectivity index (χ0v) is 9.54. The summed E-state index contributed by atoms with van der Waals surface area (Å²) < 4.78 is 0. The molecule has 1 fully saturated rings. The first-order valence-corrected chi connectivity index (χ1v) is 5.67. The molecule has 15 heavy (non-hydrogen) atoms. The molecular formula is C9H13N3O2S. The van der Waals surface area contributed by atoms with Crippen LogP contribution in [0.5, 0.6) is 0 Å². The van der Waals surface area contributed by atoms with Crippen molar-refractivity contribution in [1.82, 2.24) is 10.2 Å². The van der Waals surface area contributed by atoms with Crippen molar-refractivity contribution in [3.8, 4) is 0 Å². The van der Waals surface area contributed by atoms with Gasteiger partial charge in [-0.3, -0.25) is 0 Å². The van der Waals surface area contributed by atoms with E-state index in [2.05, 4.69) is 10.2 Å². The van der Waals surface area contributed by atoms with Gasteiger partial charge in [-0.2, -0.15) is 0 Å². The molecule has 1 atom stereocenters. The van der Waals surface area contributed by atoms with E-state index in [1.54, 1.807) is 6.92 Å². The van der Waals surface area contributed by atoms with Crippen molar-refractivity contribution in [2.75, 3.05) is 11.4 Å². The first-order chi connectivity index (χ1) is 7.04. The maximum atomic E-state index is 11.2. The highest BCUT2D eigenvalue weighted by Gasteiger charge is 2.44. The first-order valence-electron chi connectivity index (χ1n) is 4.85. The van der Waals surface area contributed by atoms with Gasteiger partial charge in [-0.05, 0) is 26.7 Å². The normalized spacial score (nSPS) is 25.9. The molecule has 1 aromatic rings. The van der Waals surface area contributed by atoms with Crippen LogP contribution >= 0.6 is 11.3 Å². The van der Waals surface area contributed by atoms with E-state index in [-0.39, 0.29) is 0 Å². The Morgan fingerprint density at radius 1 is 1.60 bits per heavy atom. The van der Waals surface area contributed by atoms with E-state index < -0.39 is 11.5 Å². The second kappa shape index (κ2) is 3.44. The Labute approximate surface area is 91.7 Å². The number of carboxylic acids is 1. The number of nitrogens with zero attached hydrogens (tertiary/aromatic N) is 3. The highest BCUT2D eigenvalue weighted by molar-refractivity contribution is 7.15. The maximum Gasteiger partial charge on any atom is 0.329 e. The van der Waals surface area contributed by atoms with Crippen LogP contribution < -0.4 is 4.90 Å². The van der Waals surface area contributed by atoms with Crippen LogP contribution in [0.4, 0.5) is 5.13 Å². The minimum absolute atomic E-state index is 0.668. The quantitative estimate of drug-likeness (QED) is 0.824. The summed E-state index contributed by atoms with van der Waals surface area (Å²) in [7, 11) is 0. The lowest BCUT2D eigenvalue weighted by molar-refractivity contribution is -0.142. The van der Waals surface area contributed by atoms with Gasteiger partial charge in [0.1, 0.15) is 10.5 Å². The van der Waals surface area contributed by atoms with Crippen LogP contribution in [0.15, 0.2) is 0 Å². The molecule has 82 valence electrons. The van der Waals surface area contributed by atoms with Crippen LogP contribution in [0.25, 0.3) is 0 Å². The Hall–Kier alpha value is -1.17. The minimum Gasteiger partial charge on any atom is -0.480 e. The summed E-state index contributed by atoms with van der Waals surface area (Å²) in [6.07, 6.45) is 1.56. The molecule has 0 radical (unpaired) electrons. The molecular weight excluding hydrogens is 214 g/mol. The van der Waals surface area contributed by atoms with Crippen LogP contribution in [0, 0.1) is 6.92 Å². The summed E-state index contributed by atoms with van der Waals surface area (Å²) >= 11 is 1.45. The van der Waals surface area contributed by atoms with Crippen molar-refractivity contribution in [3.63, 3.8) is 0 Å². The summed E-state index contributed by atoms with van der Waals surface area (Å²) in [5, 5.41) is 18.7. The van der Waals surface area contributed by atoms with E-state index in [4.69, 9.17) is 0 Å². The Kier molecular flexibility index (Phi) is 2.38. The fraction of sp³-hybridized carbons (Fsp3) is 0.667. The third-order valence-corrected chi connectivity index (χ3v) is 3.71.